The molecule has 4 fully saturated rings. The molecule has 7 atom stereocenters. The van der Waals surface area contributed by atoms with E-state index in [1.54, 1.807) is 33.9 Å². The first-order valence-electron chi connectivity index (χ1n) is 20.1. The number of alkyl halides is 2. The summed E-state index contributed by atoms with van der Waals surface area (Å²) in [7, 11) is -2.57. The molecule has 2 aromatic rings. The second kappa shape index (κ2) is 15.8. The van der Waals surface area contributed by atoms with E-state index >= 15 is 0 Å². The number of aromatic nitrogens is 1. The van der Waals surface area contributed by atoms with Crippen LogP contribution in [0.2, 0.25) is 0 Å². The Hall–Kier alpha value is -4.28. The molecule has 3 N–H and O–H groups in total. The van der Waals surface area contributed by atoms with E-state index in [2.05, 4.69) is 10.6 Å². The summed E-state index contributed by atoms with van der Waals surface area (Å²) < 4.78 is 73.7. The molecule has 14 nitrogen and oxygen atoms in total. The van der Waals surface area contributed by atoms with Crippen molar-refractivity contribution in [2.75, 3.05) is 13.7 Å². The molecule has 3 saturated carbocycles. The van der Waals surface area contributed by atoms with Gasteiger partial charge in [-0.05, 0) is 87.3 Å². The monoisotopic (exact) mass is 817 g/mol. The highest BCUT2D eigenvalue weighted by Crippen LogP contribution is 2.48. The number of rotatable bonds is 7. The number of nitrogens with one attached hydrogen (secondary N) is 3. The Kier molecular flexibility index (Phi) is 11.3. The summed E-state index contributed by atoms with van der Waals surface area (Å²) in [6, 6.07) is 5.02. The molecule has 1 unspecified atom stereocenters. The van der Waals surface area contributed by atoms with E-state index in [1.165, 1.54) is 4.90 Å². The van der Waals surface area contributed by atoms with Gasteiger partial charge in [0.2, 0.25) is 34.1 Å². The van der Waals surface area contributed by atoms with Crippen LogP contribution >= 0.6 is 0 Å². The third kappa shape index (κ3) is 8.77. The first kappa shape index (κ1) is 40.9. The lowest BCUT2D eigenvalue weighted by Crippen LogP contribution is -2.60. The van der Waals surface area contributed by atoms with E-state index in [1.807, 2.05) is 22.9 Å². The molecule has 4 amide bonds. The molecule has 1 aromatic carbocycles. The van der Waals surface area contributed by atoms with Crippen LogP contribution in [-0.2, 0) is 35.6 Å². The van der Waals surface area contributed by atoms with E-state index < -0.39 is 87.0 Å². The Morgan fingerprint density at radius 2 is 1.79 bits per heavy atom. The quantitative estimate of drug-likeness (QED) is 0.352. The van der Waals surface area contributed by atoms with Gasteiger partial charge in [0.1, 0.15) is 35.6 Å². The molecule has 1 aromatic heterocycles. The van der Waals surface area contributed by atoms with Crippen molar-refractivity contribution in [3.8, 4) is 11.6 Å². The Bertz CT molecular complexity index is 2010. The lowest BCUT2D eigenvalue weighted by Gasteiger charge is -2.35. The number of hydrogen-bond donors (Lipinski definition) is 3. The number of benzene rings is 1. The highest BCUT2D eigenvalue weighted by Gasteiger charge is 2.67. The zero-order chi connectivity index (χ0) is 40.9. The van der Waals surface area contributed by atoms with Crippen LogP contribution in [0.1, 0.15) is 97.0 Å². The fourth-order valence-corrected chi connectivity index (χ4v) is 10.0. The SMILES string of the molecule is COc1ccc2cc3c(nc2c1)O[C@@H]1C[C@@H](C(=O)N[C@]2(C(=O)NS(=O)(=O)C4CC4)CC2C(F)F)N(C1)C(=O)[C@H](C(C)(C)C)NC(=O)O[C@@H]1CCC[C@H]1CCCCC3. The first-order chi connectivity index (χ1) is 27.0. The van der Waals surface area contributed by atoms with Crippen LogP contribution in [0.5, 0.6) is 11.6 Å². The van der Waals surface area contributed by atoms with Crippen molar-refractivity contribution in [3.05, 3.63) is 29.8 Å². The van der Waals surface area contributed by atoms with Crippen LogP contribution < -0.4 is 24.8 Å². The number of nitrogens with zero attached hydrogens (tertiary/aromatic N) is 2. The molecule has 0 spiro atoms. The lowest BCUT2D eigenvalue weighted by molar-refractivity contribution is -0.143. The normalized spacial score (nSPS) is 29.9. The van der Waals surface area contributed by atoms with Gasteiger partial charge in [0.05, 0.1) is 30.3 Å². The van der Waals surface area contributed by atoms with Gasteiger partial charge in [-0.25, -0.2) is 27.0 Å². The average Bonchev–Trinajstić information content (AvgIpc) is 4.05. The number of fused-ring (bicyclic) bond motifs is 5. The van der Waals surface area contributed by atoms with Gasteiger partial charge in [0.15, 0.2) is 0 Å². The Balaban J connectivity index is 1.23. The Morgan fingerprint density at radius 3 is 2.47 bits per heavy atom. The van der Waals surface area contributed by atoms with E-state index in [0.717, 1.165) is 49.5 Å². The number of carbonyl (C=O) groups is 4. The lowest BCUT2D eigenvalue weighted by atomic mass is 9.85. The van der Waals surface area contributed by atoms with Crippen molar-refractivity contribution >= 4 is 44.7 Å². The summed E-state index contributed by atoms with van der Waals surface area (Å²) in [5.41, 5.74) is -1.64. The number of carbonyl (C=O) groups excluding carboxylic acids is 4. The van der Waals surface area contributed by atoms with Crippen molar-refractivity contribution in [3.63, 3.8) is 0 Å². The van der Waals surface area contributed by atoms with Crippen molar-refractivity contribution in [1.82, 2.24) is 25.2 Å². The maximum absolute atomic E-state index is 14.7. The molecule has 5 aliphatic rings. The number of methoxy groups -OCH3 is 1. The van der Waals surface area contributed by atoms with Crippen LogP contribution in [0.4, 0.5) is 13.6 Å². The van der Waals surface area contributed by atoms with Crippen LogP contribution in [0.3, 0.4) is 0 Å². The smallest absolute Gasteiger partial charge is 0.408 e. The molecule has 7 rings (SSSR count). The molecule has 2 aliphatic heterocycles. The molecular formula is C40H53F2N5O9S. The number of amides is 4. The molecule has 57 heavy (non-hydrogen) atoms. The van der Waals surface area contributed by atoms with E-state index in [4.69, 9.17) is 19.2 Å². The predicted octanol–water partition coefficient (Wildman–Crippen LogP) is 4.77. The number of ether oxygens (including phenoxy) is 3. The topological polar surface area (TPSA) is 182 Å². The Morgan fingerprint density at radius 1 is 1.04 bits per heavy atom. The van der Waals surface area contributed by atoms with Crippen LogP contribution in [-0.4, -0.2) is 97.3 Å². The minimum atomic E-state index is -4.13. The second-order valence-electron chi connectivity index (χ2n) is 17.5. The summed E-state index contributed by atoms with van der Waals surface area (Å²) >= 11 is 0. The number of halogens is 2. The van der Waals surface area contributed by atoms with Crippen molar-refractivity contribution < 1.29 is 50.6 Å². The minimum absolute atomic E-state index is 0.114. The van der Waals surface area contributed by atoms with E-state index in [-0.39, 0.29) is 25.0 Å². The second-order valence-corrected chi connectivity index (χ2v) is 19.4. The Labute approximate surface area is 331 Å². The summed E-state index contributed by atoms with van der Waals surface area (Å²) in [6.07, 6.45) is 1.94. The number of sulfonamides is 1. The number of hydrogen-bond acceptors (Lipinski definition) is 10. The maximum Gasteiger partial charge on any atom is 0.408 e. The molecule has 17 heteroatoms. The van der Waals surface area contributed by atoms with Gasteiger partial charge in [-0.3, -0.25) is 19.1 Å². The van der Waals surface area contributed by atoms with Gasteiger partial charge in [0.25, 0.3) is 5.91 Å². The van der Waals surface area contributed by atoms with Gasteiger partial charge in [-0.15, -0.1) is 0 Å². The number of aryl methyl sites for hydroxylation is 1. The summed E-state index contributed by atoms with van der Waals surface area (Å²) in [5.74, 6) is -3.34. The molecule has 0 radical (unpaired) electrons. The highest BCUT2D eigenvalue weighted by atomic mass is 32.2. The minimum Gasteiger partial charge on any atom is -0.497 e. The third-order valence-corrected chi connectivity index (χ3v) is 14.0. The van der Waals surface area contributed by atoms with E-state index in [9.17, 15) is 36.4 Å². The van der Waals surface area contributed by atoms with E-state index in [0.29, 0.717) is 42.8 Å². The largest absolute Gasteiger partial charge is 0.497 e. The van der Waals surface area contributed by atoms with Gasteiger partial charge in [-0.2, -0.15) is 0 Å². The number of pyridine rings is 1. The van der Waals surface area contributed by atoms with Gasteiger partial charge >= 0.3 is 6.09 Å². The zero-order valence-electron chi connectivity index (χ0n) is 32.9. The predicted molar refractivity (Wildman–Crippen MR) is 204 cm³/mol. The maximum atomic E-state index is 14.7. The molecule has 312 valence electrons. The van der Waals surface area contributed by atoms with Crippen LogP contribution in [0, 0.1) is 17.3 Å². The fraction of sp³-hybridized carbons (Fsp3) is 0.675. The first-order valence-corrected chi connectivity index (χ1v) is 21.6. The standard InChI is InChI=1S/C40H53F2N5O9S/c1-39(2,3)32-36(49)47-21-26(19-30(47)34(48)45-40(20-28(40)33(41)42)37(50)46-57(52,53)27-15-16-27)55-35-24(17-23-13-14-25(54-4)18-29(23)43-35)10-7-5-6-9-22-11-8-12-31(22)56-38(51)44-32/h13-14,17-18,22,26-28,30-33H,5-12,15-16,19-21H2,1-4H3,(H,44,51)(H,45,48)(H,46,50)/t22-,26-,28?,30+,31-,32-,40-/m1/s1. The summed E-state index contributed by atoms with van der Waals surface area (Å²) in [5, 5.41) is 5.31. The molecule has 3 aliphatic carbocycles. The highest BCUT2D eigenvalue weighted by molar-refractivity contribution is 7.91. The average molecular weight is 818 g/mol. The van der Waals surface area contributed by atoms with Gasteiger partial charge < -0.3 is 29.7 Å². The van der Waals surface area contributed by atoms with Gasteiger partial charge in [0, 0.05) is 23.4 Å². The zero-order valence-corrected chi connectivity index (χ0v) is 33.7. The molecule has 3 heterocycles. The van der Waals surface area contributed by atoms with Crippen LogP contribution in [0.25, 0.3) is 10.9 Å². The van der Waals surface area contributed by atoms with Crippen molar-refractivity contribution in [2.24, 2.45) is 17.3 Å². The summed E-state index contributed by atoms with van der Waals surface area (Å²) in [4.78, 5) is 62.1. The fourth-order valence-electron chi connectivity index (χ4n) is 8.64. The number of alkyl carbamates (subject to hydrolysis) is 1. The molecular weight excluding hydrogens is 765 g/mol. The summed E-state index contributed by atoms with van der Waals surface area (Å²) in [6.45, 7) is 5.14. The van der Waals surface area contributed by atoms with Crippen molar-refractivity contribution in [1.29, 1.82) is 0 Å². The third-order valence-electron chi connectivity index (χ3n) is 12.2. The molecule has 1 saturated heterocycles. The van der Waals surface area contributed by atoms with Gasteiger partial charge in [-0.1, -0.05) is 33.6 Å². The van der Waals surface area contributed by atoms with Crippen LogP contribution in [0.15, 0.2) is 24.3 Å². The molecule has 2 bridgehead atoms. The van der Waals surface area contributed by atoms with Crippen molar-refractivity contribution in [2.45, 2.75) is 139 Å².